The number of aliphatic carboxylic acids is 1. The number of amides is 2. The van der Waals surface area contributed by atoms with Crippen LogP contribution in [-0.4, -0.2) is 56.7 Å². The topological polar surface area (TPSA) is 133 Å². The normalized spacial score (nSPS) is 19.3. The zero-order valence-electron chi connectivity index (χ0n) is 21.4. The summed E-state index contributed by atoms with van der Waals surface area (Å²) in [4.78, 5) is 44.3. The number of carbonyl (C=O) groups excluding carboxylic acids is 1. The third-order valence-electron chi connectivity index (χ3n) is 7.21. The van der Waals surface area contributed by atoms with Crippen LogP contribution in [0.15, 0.2) is 48.9 Å². The minimum absolute atomic E-state index is 0.0350. The van der Waals surface area contributed by atoms with Crippen molar-refractivity contribution in [2.75, 3.05) is 29.9 Å². The molecule has 1 aliphatic rings. The number of rotatable bonds is 6. The predicted octanol–water partition coefficient (Wildman–Crippen LogP) is 4.89. The fourth-order valence-corrected chi connectivity index (χ4v) is 5.60. The number of hydrogen-bond acceptors (Lipinski definition) is 8. The van der Waals surface area contributed by atoms with Gasteiger partial charge in [0.15, 0.2) is 5.13 Å². The maximum Gasteiger partial charge on any atom is 0.321 e. The van der Waals surface area contributed by atoms with Crippen molar-refractivity contribution in [1.29, 1.82) is 0 Å². The fourth-order valence-electron chi connectivity index (χ4n) is 4.64. The number of benzene rings is 1. The summed E-state index contributed by atoms with van der Waals surface area (Å²) in [6, 6.07) is 9.44. The van der Waals surface area contributed by atoms with Crippen LogP contribution in [0.4, 0.5) is 15.9 Å². The molecule has 2 unspecified atom stereocenters. The molecular formula is C27H29N7O3S. The Morgan fingerprint density at radius 2 is 1.97 bits per heavy atom. The number of thiazole rings is 1. The highest BCUT2D eigenvalue weighted by Gasteiger charge is 2.43. The van der Waals surface area contributed by atoms with Crippen molar-refractivity contribution in [1.82, 2.24) is 25.3 Å². The molecule has 2 amide bonds. The molecule has 11 heteroatoms. The van der Waals surface area contributed by atoms with Gasteiger partial charge in [-0.3, -0.25) is 15.1 Å². The number of nitrogens with one attached hydrogen (secondary N) is 2. The van der Waals surface area contributed by atoms with Crippen molar-refractivity contribution in [3.8, 4) is 22.4 Å². The molecule has 1 saturated heterocycles. The molecule has 4 heterocycles. The summed E-state index contributed by atoms with van der Waals surface area (Å²) >= 11 is 1.40. The van der Waals surface area contributed by atoms with Gasteiger partial charge in [-0.2, -0.15) is 0 Å². The number of carbonyl (C=O) groups is 2. The van der Waals surface area contributed by atoms with Crippen molar-refractivity contribution >= 4 is 44.6 Å². The molecule has 1 aliphatic heterocycles. The number of carboxylic acid groups (broad SMARTS) is 1. The van der Waals surface area contributed by atoms with E-state index in [4.69, 9.17) is 0 Å². The number of piperidine rings is 1. The van der Waals surface area contributed by atoms with E-state index in [9.17, 15) is 14.7 Å². The number of carboxylic acids is 1. The summed E-state index contributed by atoms with van der Waals surface area (Å²) in [6.45, 7) is 7.32. The van der Waals surface area contributed by atoms with Gasteiger partial charge in [0.25, 0.3) is 0 Å². The van der Waals surface area contributed by atoms with Crippen LogP contribution in [-0.2, 0) is 4.79 Å². The van der Waals surface area contributed by atoms with Crippen molar-refractivity contribution in [2.45, 2.75) is 27.2 Å². The number of urea groups is 1. The van der Waals surface area contributed by atoms with Crippen molar-refractivity contribution < 1.29 is 14.7 Å². The van der Waals surface area contributed by atoms with Gasteiger partial charge in [0.2, 0.25) is 5.95 Å². The van der Waals surface area contributed by atoms with Gasteiger partial charge >= 0.3 is 12.0 Å². The average Bonchev–Trinajstić information content (AvgIpc) is 3.32. The first-order valence-corrected chi connectivity index (χ1v) is 13.3. The van der Waals surface area contributed by atoms with Gasteiger partial charge in [-0.25, -0.2) is 19.7 Å². The molecule has 0 bridgehead atoms. The quantitative estimate of drug-likeness (QED) is 0.320. The molecule has 10 nitrogen and oxygen atoms in total. The minimum Gasteiger partial charge on any atom is -0.481 e. The molecule has 2 atom stereocenters. The van der Waals surface area contributed by atoms with E-state index in [0.717, 1.165) is 32.6 Å². The molecule has 38 heavy (non-hydrogen) atoms. The maximum absolute atomic E-state index is 12.1. The Labute approximate surface area is 224 Å². The summed E-state index contributed by atoms with van der Waals surface area (Å²) in [7, 11) is 0. The van der Waals surface area contributed by atoms with E-state index in [0.29, 0.717) is 37.1 Å². The number of pyridine rings is 1. The van der Waals surface area contributed by atoms with Crippen LogP contribution in [0.5, 0.6) is 0 Å². The Balaban J connectivity index is 1.47. The Morgan fingerprint density at radius 1 is 1.18 bits per heavy atom. The van der Waals surface area contributed by atoms with Crippen LogP contribution in [0, 0.1) is 11.3 Å². The van der Waals surface area contributed by atoms with Crippen LogP contribution in [0.25, 0.3) is 32.6 Å². The van der Waals surface area contributed by atoms with E-state index >= 15 is 0 Å². The zero-order valence-corrected chi connectivity index (χ0v) is 22.2. The summed E-state index contributed by atoms with van der Waals surface area (Å²) in [5.41, 5.74) is 3.40. The molecule has 5 rings (SSSR count). The first-order valence-electron chi connectivity index (χ1n) is 12.5. The molecule has 0 radical (unpaired) electrons. The molecule has 4 aromatic rings. The van der Waals surface area contributed by atoms with Crippen molar-refractivity contribution in [3.63, 3.8) is 0 Å². The molecule has 196 valence electrons. The lowest BCUT2D eigenvalue weighted by atomic mass is 9.73. The van der Waals surface area contributed by atoms with Crippen molar-refractivity contribution in [2.24, 2.45) is 11.3 Å². The van der Waals surface area contributed by atoms with Gasteiger partial charge in [-0.05, 0) is 56.0 Å². The summed E-state index contributed by atoms with van der Waals surface area (Å²) < 4.78 is 0.917. The predicted molar refractivity (Wildman–Crippen MR) is 148 cm³/mol. The molecular weight excluding hydrogens is 502 g/mol. The third kappa shape index (κ3) is 4.89. The fraction of sp³-hybridized carbons (Fsp3) is 0.333. The van der Waals surface area contributed by atoms with Gasteiger partial charge in [0.1, 0.15) is 0 Å². The molecule has 0 aliphatic carbocycles. The lowest BCUT2D eigenvalue weighted by Crippen LogP contribution is -2.49. The van der Waals surface area contributed by atoms with E-state index in [1.54, 1.807) is 18.6 Å². The minimum atomic E-state index is -0.758. The largest absolute Gasteiger partial charge is 0.481 e. The smallest absolute Gasteiger partial charge is 0.321 e. The zero-order chi connectivity index (χ0) is 26.9. The average molecular weight is 532 g/mol. The molecule has 1 aromatic carbocycles. The molecule has 1 fully saturated rings. The second kappa shape index (κ2) is 10.3. The summed E-state index contributed by atoms with van der Waals surface area (Å²) in [5, 5.41) is 15.7. The Kier molecular flexibility index (Phi) is 6.94. The van der Waals surface area contributed by atoms with E-state index in [1.807, 2.05) is 56.0 Å². The van der Waals surface area contributed by atoms with Crippen LogP contribution in [0.1, 0.15) is 27.2 Å². The lowest BCUT2D eigenvalue weighted by molar-refractivity contribution is -0.152. The van der Waals surface area contributed by atoms with E-state index in [-0.39, 0.29) is 11.9 Å². The standard InChI is InChI=1S/C27H29N7O3S/c1-4-28-25(37)33-26-32-21-12-17(11-19(22(21)38-26)20-7-5-6-9-29-20)18-13-30-24(31-14-18)34-10-8-27(3,23(35)36)16(2)15-34/h5-7,9,11-14,16H,4,8,10,15H2,1-3H3,(H,35,36)(H2,28,32,33,37). The number of anilines is 2. The van der Waals surface area contributed by atoms with E-state index in [2.05, 4.69) is 30.6 Å². The van der Waals surface area contributed by atoms with Gasteiger partial charge in [-0.15, -0.1) is 0 Å². The monoisotopic (exact) mass is 531 g/mol. The van der Waals surface area contributed by atoms with Gasteiger partial charge in [-0.1, -0.05) is 24.3 Å². The van der Waals surface area contributed by atoms with Crippen LogP contribution < -0.4 is 15.5 Å². The van der Waals surface area contributed by atoms with Crippen LogP contribution in [0.2, 0.25) is 0 Å². The molecule has 3 N–H and O–H groups in total. The molecule has 3 aromatic heterocycles. The summed E-state index contributed by atoms with van der Waals surface area (Å²) in [5.74, 6) is -0.209. The Bertz CT molecular complexity index is 1480. The highest BCUT2D eigenvalue weighted by Crippen LogP contribution is 2.39. The van der Waals surface area contributed by atoms with E-state index < -0.39 is 11.4 Å². The third-order valence-corrected chi connectivity index (χ3v) is 8.23. The highest BCUT2D eigenvalue weighted by atomic mass is 32.1. The van der Waals surface area contributed by atoms with Crippen molar-refractivity contribution in [3.05, 3.63) is 48.9 Å². The number of nitrogens with zero attached hydrogens (tertiary/aromatic N) is 5. The van der Waals surface area contributed by atoms with Gasteiger partial charge < -0.3 is 15.3 Å². The Morgan fingerprint density at radius 3 is 2.63 bits per heavy atom. The number of fused-ring (bicyclic) bond motifs is 1. The van der Waals surface area contributed by atoms with E-state index in [1.165, 1.54) is 11.3 Å². The van der Waals surface area contributed by atoms with Crippen LogP contribution in [0.3, 0.4) is 0 Å². The maximum atomic E-state index is 12.1. The number of hydrogen-bond donors (Lipinski definition) is 3. The van der Waals surface area contributed by atoms with Gasteiger partial charge in [0, 0.05) is 49.4 Å². The van der Waals surface area contributed by atoms with Crippen LogP contribution >= 0.6 is 11.3 Å². The summed E-state index contributed by atoms with van der Waals surface area (Å²) in [6.07, 6.45) is 5.84. The molecule has 0 saturated carbocycles. The number of aromatic nitrogens is 4. The first-order chi connectivity index (χ1) is 18.3. The first kappa shape index (κ1) is 25.5. The molecule has 0 spiro atoms. The Hall–Kier alpha value is -4.12. The second-order valence-corrected chi connectivity index (χ2v) is 10.7. The van der Waals surface area contributed by atoms with Gasteiger partial charge in [0.05, 0.1) is 21.3 Å². The highest BCUT2D eigenvalue weighted by molar-refractivity contribution is 7.22. The SMILES string of the molecule is CCNC(=O)Nc1nc2cc(-c3cnc(N4CCC(C)(C(=O)O)C(C)C4)nc3)cc(-c3ccccn3)c2s1. The lowest BCUT2D eigenvalue weighted by Gasteiger charge is -2.41. The second-order valence-electron chi connectivity index (χ2n) is 9.68.